The maximum Gasteiger partial charge on any atom is 0.272 e. The molecule has 1 heterocycles. The Morgan fingerprint density at radius 1 is 1.00 bits per heavy atom. The Kier molecular flexibility index (Phi) is 6.25. The zero-order chi connectivity index (χ0) is 20.3. The molecule has 5 heteroatoms. The molecule has 0 atom stereocenters. The number of benzene rings is 2. The molecule has 0 saturated heterocycles. The summed E-state index contributed by atoms with van der Waals surface area (Å²) in [7, 11) is 0. The van der Waals surface area contributed by atoms with Crippen molar-refractivity contribution in [2.75, 3.05) is 11.5 Å². The van der Waals surface area contributed by atoms with Crippen LogP contribution in [-0.2, 0) is 9.59 Å². The molecular weight excluding hydrogens is 370 g/mol. The van der Waals surface area contributed by atoms with Crippen molar-refractivity contribution in [3.63, 3.8) is 0 Å². The number of hydrogen-bond donors (Lipinski definition) is 0. The molecule has 146 valence electrons. The highest BCUT2D eigenvalue weighted by molar-refractivity contribution is 8.04. The summed E-state index contributed by atoms with van der Waals surface area (Å²) in [5.41, 5.74) is 2.83. The van der Waals surface area contributed by atoms with E-state index >= 15 is 0 Å². The van der Waals surface area contributed by atoms with Crippen molar-refractivity contribution >= 4 is 34.8 Å². The Hall–Kier alpha value is -2.53. The normalized spacial score (nSPS) is 14.4. The highest BCUT2D eigenvalue weighted by atomic mass is 32.2. The van der Waals surface area contributed by atoms with Gasteiger partial charge in [-0.25, -0.2) is 4.90 Å². The van der Waals surface area contributed by atoms with Gasteiger partial charge in [-0.1, -0.05) is 62.7 Å². The maximum atomic E-state index is 13.4. The van der Waals surface area contributed by atoms with Gasteiger partial charge < -0.3 is 4.74 Å². The van der Waals surface area contributed by atoms with Crippen LogP contribution in [0.1, 0.15) is 38.3 Å². The fourth-order valence-corrected chi connectivity index (χ4v) is 4.01. The first kappa shape index (κ1) is 20.2. The summed E-state index contributed by atoms with van der Waals surface area (Å²) in [6.07, 6.45) is 0.845. The van der Waals surface area contributed by atoms with Gasteiger partial charge in [0.2, 0.25) is 0 Å². The molecule has 2 amide bonds. The fraction of sp³-hybridized carbons (Fsp3) is 0.304. The van der Waals surface area contributed by atoms with Crippen LogP contribution in [0, 0.1) is 6.92 Å². The first-order valence-electron chi connectivity index (χ1n) is 9.52. The number of nitrogens with zero attached hydrogens (tertiary/aromatic N) is 1. The number of carbonyl (C=O) groups excluding carboxylic acids is 2. The monoisotopic (exact) mass is 395 g/mol. The molecule has 2 aromatic carbocycles. The van der Waals surface area contributed by atoms with Gasteiger partial charge in [-0.15, -0.1) is 11.8 Å². The zero-order valence-electron chi connectivity index (χ0n) is 16.7. The van der Waals surface area contributed by atoms with Crippen LogP contribution in [0.2, 0.25) is 0 Å². The molecule has 0 N–H and O–H groups in total. The lowest BCUT2D eigenvalue weighted by Crippen LogP contribution is -2.31. The van der Waals surface area contributed by atoms with Crippen LogP contribution in [0.15, 0.2) is 53.4 Å². The van der Waals surface area contributed by atoms with Crippen LogP contribution < -0.4 is 9.64 Å². The first-order valence-corrected chi connectivity index (χ1v) is 10.4. The van der Waals surface area contributed by atoms with Gasteiger partial charge in [0.05, 0.1) is 22.8 Å². The summed E-state index contributed by atoms with van der Waals surface area (Å²) in [6, 6.07) is 14.9. The highest BCUT2D eigenvalue weighted by Gasteiger charge is 2.41. The van der Waals surface area contributed by atoms with Crippen molar-refractivity contribution in [1.29, 1.82) is 0 Å². The van der Waals surface area contributed by atoms with Crippen LogP contribution in [0.25, 0.3) is 5.57 Å². The summed E-state index contributed by atoms with van der Waals surface area (Å²) < 4.78 is 5.80. The van der Waals surface area contributed by atoms with Gasteiger partial charge in [-0.2, -0.15) is 0 Å². The lowest BCUT2D eigenvalue weighted by atomic mass is 10.0. The highest BCUT2D eigenvalue weighted by Crippen LogP contribution is 2.42. The van der Waals surface area contributed by atoms with E-state index < -0.39 is 0 Å². The third kappa shape index (κ3) is 3.99. The smallest absolute Gasteiger partial charge is 0.272 e. The molecule has 0 unspecified atom stereocenters. The van der Waals surface area contributed by atoms with Crippen molar-refractivity contribution < 1.29 is 14.3 Å². The summed E-state index contributed by atoms with van der Waals surface area (Å²) in [5, 5.41) is 0.179. The van der Waals surface area contributed by atoms with Gasteiger partial charge >= 0.3 is 0 Å². The molecule has 0 bridgehead atoms. The number of amides is 2. The van der Waals surface area contributed by atoms with Gasteiger partial charge in [-0.05, 0) is 31.0 Å². The SMILES string of the molecule is CCCOc1ccccc1N1C(=O)C(SC(C)C)=C(c2ccc(C)cc2)C1=O. The Morgan fingerprint density at radius 2 is 1.68 bits per heavy atom. The van der Waals surface area contributed by atoms with E-state index in [1.54, 1.807) is 12.1 Å². The second kappa shape index (κ2) is 8.65. The number of carbonyl (C=O) groups is 2. The van der Waals surface area contributed by atoms with E-state index in [-0.39, 0.29) is 17.1 Å². The topological polar surface area (TPSA) is 46.6 Å². The number of hydrogen-bond acceptors (Lipinski definition) is 4. The van der Waals surface area contributed by atoms with Crippen molar-refractivity contribution in [3.05, 3.63) is 64.6 Å². The minimum Gasteiger partial charge on any atom is -0.491 e. The summed E-state index contributed by atoms with van der Waals surface area (Å²) in [5.74, 6) is -0.0403. The maximum absolute atomic E-state index is 13.4. The predicted molar refractivity (Wildman–Crippen MR) is 116 cm³/mol. The van der Waals surface area contributed by atoms with Crippen LogP contribution in [0.4, 0.5) is 5.69 Å². The quantitative estimate of drug-likeness (QED) is 0.604. The molecule has 0 saturated carbocycles. The van der Waals surface area contributed by atoms with E-state index in [2.05, 4.69) is 0 Å². The molecular formula is C23H25NO3S. The number of rotatable bonds is 7. The summed E-state index contributed by atoms with van der Waals surface area (Å²) in [4.78, 5) is 28.4. The van der Waals surface area contributed by atoms with Gasteiger partial charge in [-0.3, -0.25) is 9.59 Å². The van der Waals surface area contributed by atoms with Gasteiger partial charge in [0, 0.05) is 5.25 Å². The Labute approximate surface area is 170 Å². The van der Waals surface area contributed by atoms with E-state index in [1.807, 2.05) is 64.1 Å². The van der Waals surface area contributed by atoms with Gasteiger partial charge in [0.15, 0.2) is 0 Å². The van der Waals surface area contributed by atoms with E-state index in [1.165, 1.54) is 16.7 Å². The molecule has 0 radical (unpaired) electrons. The second-order valence-electron chi connectivity index (χ2n) is 7.00. The van der Waals surface area contributed by atoms with Crippen LogP contribution >= 0.6 is 11.8 Å². The van der Waals surface area contributed by atoms with Gasteiger partial charge in [0.1, 0.15) is 5.75 Å². The van der Waals surface area contributed by atoms with Crippen LogP contribution in [-0.4, -0.2) is 23.7 Å². The van der Waals surface area contributed by atoms with Crippen molar-refractivity contribution in [1.82, 2.24) is 0 Å². The minimum atomic E-state index is -0.301. The molecule has 28 heavy (non-hydrogen) atoms. The zero-order valence-corrected chi connectivity index (χ0v) is 17.5. The molecule has 4 nitrogen and oxygen atoms in total. The Balaban J connectivity index is 2.07. The molecule has 1 aliphatic heterocycles. The van der Waals surface area contributed by atoms with Crippen molar-refractivity contribution in [2.24, 2.45) is 0 Å². The fourth-order valence-electron chi connectivity index (χ4n) is 3.02. The first-order chi connectivity index (χ1) is 13.4. The standard InChI is InChI=1S/C23H25NO3S/c1-5-14-27-19-9-7-6-8-18(19)24-22(25)20(17-12-10-16(4)11-13-17)21(23(24)26)28-15(2)3/h6-13,15H,5,14H2,1-4H3. The van der Waals surface area contributed by atoms with Gasteiger partial charge in [0.25, 0.3) is 11.8 Å². The van der Waals surface area contributed by atoms with Crippen molar-refractivity contribution in [2.45, 2.75) is 39.4 Å². The average Bonchev–Trinajstić information content (AvgIpc) is 2.90. The minimum absolute atomic E-state index is 0.179. The number of anilines is 1. The number of para-hydroxylation sites is 2. The lowest BCUT2D eigenvalue weighted by molar-refractivity contribution is -0.119. The van der Waals surface area contributed by atoms with E-state index in [9.17, 15) is 9.59 Å². The third-order valence-electron chi connectivity index (χ3n) is 4.30. The number of thioether (sulfide) groups is 1. The number of aryl methyl sites for hydroxylation is 1. The Morgan fingerprint density at radius 3 is 2.32 bits per heavy atom. The Bertz CT molecular complexity index is 916. The molecule has 2 aromatic rings. The predicted octanol–water partition coefficient (Wildman–Crippen LogP) is 5.21. The molecule has 1 aliphatic rings. The van der Waals surface area contributed by atoms with E-state index in [4.69, 9.17) is 4.74 Å². The largest absolute Gasteiger partial charge is 0.491 e. The lowest BCUT2D eigenvalue weighted by Gasteiger charge is -2.19. The molecule has 0 aliphatic carbocycles. The third-order valence-corrected chi connectivity index (χ3v) is 5.39. The number of imide groups is 1. The summed E-state index contributed by atoms with van der Waals surface area (Å²) in [6.45, 7) is 8.58. The molecule has 3 rings (SSSR count). The second-order valence-corrected chi connectivity index (χ2v) is 8.59. The van der Waals surface area contributed by atoms with Crippen molar-refractivity contribution in [3.8, 4) is 5.75 Å². The molecule has 0 aromatic heterocycles. The summed E-state index contributed by atoms with van der Waals surface area (Å²) >= 11 is 1.43. The average molecular weight is 396 g/mol. The number of ether oxygens (including phenoxy) is 1. The molecule has 0 spiro atoms. The van der Waals surface area contributed by atoms with Crippen LogP contribution in [0.3, 0.4) is 0 Å². The molecule has 0 fully saturated rings. The van der Waals surface area contributed by atoms with E-state index in [0.717, 1.165) is 17.5 Å². The van der Waals surface area contributed by atoms with Crippen LogP contribution in [0.5, 0.6) is 5.75 Å². The van der Waals surface area contributed by atoms with E-state index in [0.29, 0.717) is 28.5 Å².